The van der Waals surface area contributed by atoms with Gasteiger partial charge in [0.15, 0.2) is 0 Å². The number of hydrogen-bond acceptors (Lipinski definition) is 6. The predicted octanol–water partition coefficient (Wildman–Crippen LogP) is 4.38. The molecule has 1 fully saturated rings. The number of pyridine rings is 1. The Labute approximate surface area is 307 Å². The molecule has 4 N–H and O–H groups in total. The monoisotopic (exact) mass is 711 g/mol. The van der Waals surface area contributed by atoms with Crippen molar-refractivity contribution in [3.63, 3.8) is 0 Å². The molecule has 3 atom stereocenters. The number of aromatic nitrogens is 1. The summed E-state index contributed by atoms with van der Waals surface area (Å²) in [7, 11) is 1.71. The molecule has 12 nitrogen and oxygen atoms in total. The summed E-state index contributed by atoms with van der Waals surface area (Å²) in [6.07, 6.45) is 4.67. The highest BCUT2D eigenvalue weighted by Crippen LogP contribution is 2.22. The molecule has 0 bridgehead atoms. The molecule has 1 aliphatic heterocycles. The molecular formula is C40H53N7O5. The summed E-state index contributed by atoms with van der Waals surface area (Å²) in [5.74, 6) is -1.74. The Morgan fingerprint density at radius 2 is 1.48 bits per heavy atom. The minimum absolute atomic E-state index is 0.0535. The lowest BCUT2D eigenvalue weighted by molar-refractivity contribution is -0.132. The maximum absolute atomic E-state index is 14.0. The fraction of sp³-hybridized carbons (Fsp3) is 0.450. The summed E-state index contributed by atoms with van der Waals surface area (Å²) in [5.41, 5.74) is 2.42. The first-order chi connectivity index (χ1) is 24.8. The van der Waals surface area contributed by atoms with Crippen LogP contribution >= 0.6 is 0 Å². The number of aryl methyl sites for hydroxylation is 1. The Balaban J connectivity index is 1.45. The molecule has 0 spiro atoms. The molecular weight excluding hydrogens is 658 g/mol. The van der Waals surface area contributed by atoms with Gasteiger partial charge in [0.25, 0.3) is 0 Å². The summed E-state index contributed by atoms with van der Waals surface area (Å²) in [6, 6.07) is 19.8. The van der Waals surface area contributed by atoms with Crippen LogP contribution in [-0.4, -0.2) is 78.3 Å². The lowest BCUT2D eigenvalue weighted by atomic mass is 9.95. The SMILES string of the molecule is C[C@@H](NC(=O)[C@H](CCc1ccccc1)NC(=O)[C@H](CC(=O)NCC(C)(C)C)NC(=O)N1CCC(C(=O)N(C)c2cccnc2)CC1)c1ccccc1. The van der Waals surface area contributed by atoms with Crippen molar-refractivity contribution in [2.75, 3.05) is 31.6 Å². The number of amides is 6. The van der Waals surface area contributed by atoms with Gasteiger partial charge in [0, 0.05) is 38.8 Å². The highest BCUT2D eigenvalue weighted by atomic mass is 16.2. The van der Waals surface area contributed by atoms with Crippen molar-refractivity contribution in [1.29, 1.82) is 0 Å². The molecule has 1 saturated heterocycles. The van der Waals surface area contributed by atoms with Crippen molar-refractivity contribution in [3.8, 4) is 0 Å². The zero-order valence-electron chi connectivity index (χ0n) is 30.9. The van der Waals surface area contributed by atoms with E-state index in [-0.39, 0.29) is 35.6 Å². The molecule has 0 radical (unpaired) electrons. The molecule has 1 aromatic heterocycles. The summed E-state index contributed by atoms with van der Waals surface area (Å²) in [4.78, 5) is 74.8. The second-order valence-electron chi connectivity index (χ2n) is 14.6. The van der Waals surface area contributed by atoms with Crippen molar-refractivity contribution in [2.24, 2.45) is 11.3 Å². The van der Waals surface area contributed by atoms with Crippen LogP contribution in [0.4, 0.5) is 10.5 Å². The Hall–Kier alpha value is -5.26. The topological polar surface area (TPSA) is 153 Å². The Morgan fingerprint density at radius 3 is 2.10 bits per heavy atom. The average molecular weight is 712 g/mol. The first-order valence-corrected chi connectivity index (χ1v) is 18.0. The number of nitrogens with zero attached hydrogens (tertiary/aromatic N) is 3. The van der Waals surface area contributed by atoms with Crippen LogP contribution in [0.15, 0.2) is 85.2 Å². The molecule has 4 rings (SSSR count). The minimum atomic E-state index is -1.25. The molecule has 2 heterocycles. The number of likely N-dealkylation sites (tertiary alicyclic amines) is 1. The number of nitrogens with one attached hydrogen (secondary N) is 4. The second-order valence-corrected chi connectivity index (χ2v) is 14.6. The number of rotatable bonds is 14. The van der Waals surface area contributed by atoms with E-state index in [4.69, 9.17) is 0 Å². The van der Waals surface area contributed by atoms with Gasteiger partial charge in [0.2, 0.25) is 23.6 Å². The number of carbonyl (C=O) groups excluding carboxylic acids is 5. The van der Waals surface area contributed by atoms with E-state index in [0.717, 1.165) is 11.1 Å². The summed E-state index contributed by atoms with van der Waals surface area (Å²) < 4.78 is 0. The van der Waals surface area contributed by atoms with E-state index in [1.165, 1.54) is 0 Å². The van der Waals surface area contributed by atoms with Crippen LogP contribution in [0.3, 0.4) is 0 Å². The van der Waals surface area contributed by atoms with Gasteiger partial charge < -0.3 is 31.1 Å². The number of hydrogen-bond donors (Lipinski definition) is 4. The van der Waals surface area contributed by atoms with Gasteiger partial charge in [-0.3, -0.25) is 24.2 Å². The molecule has 52 heavy (non-hydrogen) atoms. The Kier molecular flexibility index (Phi) is 14.3. The third-order valence-electron chi connectivity index (χ3n) is 9.17. The molecule has 0 unspecified atom stereocenters. The van der Waals surface area contributed by atoms with Crippen LogP contribution < -0.4 is 26.2 Å². The van der Waals surface area contributed by atoms with Crippen LogP contribution in [-0.2, 0) is 25.6 Å². The Bertz CT molecular complexity index is 1620. The third kappa shape index (κ3) is 12.2. The van der Waals surface area contributed by atoms with Gasteiger partial charge >= 0.3 is 6.03 Å². The second kappa shape index (κ2) is 18.8. The average Bonchev–Trinajstić information content (AvgIpc) is 3.15. The quantitative estimate of drug-likeness (QED) is 0.195. The van der Waals surface area contributed by atoms with E-state index in [0.29, 0.717) is 51.0 Å². The third-order valence-corrected chi connectivity index (χ3v) is 9.17. The zero-order valence-corrected chi connectivity index (χ0v) is 30.9. The standard InChI is InChI=1S/C40H53N7O5/c1-28(30-15-10-7-11-16-30)43-36(49)33(19-18-29-13-8-6-9-14-29)44-37(50)34(25-35(48)42-27-40(2,3)4)45-39(52)47-23-20-31(21-24-47)38(51)46(5)32-17-12-22-41-26-32/h6-17,22,26,28,31,33-34H,18-21,23-25,27H2,1-5H3,(H,42,48)(H,43,49)(H,44,50)(H,45,52)/t28-,33+,34+/m1/s1. The van der Waals surface area contributed by atoms with Gasteiger partial charge in [-0.25, -0.2) is 4.79 Å². The lowest BCUT2D eigenvalue weighted by Gasteiger charge is -2.34. The van der Waals surface area contributed by atoms with Crippen LogP contribution in [0.5, 0.6) is 0 Å². The largest absolute Gasteiger partial charge is 0.355 e. The fourth-order valence-electron chi connectivity index (χ4n) is 5.99. The van der Waals surface area contributed by atoms with Crippen LogP contribution in [0.2, 0.25) is 0 Å². The van der Waals surface area contributed by atoms with Gasteiger partial charge in [-0.2, -0.15) is 0 Å². The first kappa shape index (κ1) is 39.5. The van der Waals surface area contributed by atoms with Gasteiger partial charge in [-0.1, -0.05) is 81.4 Å². The molecule has 12 heteroatoms. The van der Waals surface area contributed by atoms with Crippen molar-refractivity contribution in [3.05, 3.63) is 96.3 Å². The normalized spacial score (nSPS) is 15.1. The van der Waals surface area contributed by atoms with Crippen molar-refractivity contribution < 1.29 is 24.0 Å². The molecule has 3 aromatic rings. The Morgan fingerprint density at radius 1 is 0.846 bits per heavy atom. The van der Waals surface area contributed by atoms with E-state index in [1.807, 2.05) is 94.4 Å². The number of benzene rings is 2. The van der Waals surface area contributed by atoms with Gasteiger partial charge in [-0.15, -0.1) is 0 Å². The van der Waals surface area contributed by atoms with E-state index in [1.54, 1.807) is 35.3 Å². The van der Waals surface area contributed by atoms with Crippen molar-refractivity contribution in [1.82, 2.24) is 31.2 Å². The molecule has 0 aliphatic carbocycles. The van der Waals surface area contributed by atoms with Gasteiger partial charge in [0.1, 0.15) is 12.1 Å². The molecule has 278 valence electrons. The van der Waals surface area contributed by atoms with Gasteiger partial charge in [-0.05, 0) is 61.3 Å². The van der Waals surface area contributed by atoms with Crippen molar-refractivity contribution >= 4 is 35.3 Å². The maximum Gasteiger partial charge on any atom is 0.318 e. The van der Waals surface area contributed by atoms with E-state index in [2.05, 4.69) is 26.3 Å². The molecule has 0 saturated carbocycles. The van der Waals surface area contributed by atoms with Crippen LogP contribution in [0.1, 0.15) is 70.5 Å². The number of urea groups is 1. The molecule has 2 aromatic carbocycles. The highest BCUT2D eigenvalue weighted by molar-refractivity contribution is 5.96. The minimum Gasteiger partial charge on any atom is -0.355 e. The summed E-state index contributed by atoms with van der Waals surface area (Å²) in [6.45, 7) is 8.79. The number of piperidine rings is 1. The highest BCUT2D eigenvalue weighted by Gasteiger charge is 2.33. The summed E-state index contributed by atoms with van der Waals surface area (Å²) >= 11 is 0. The lowest BCUT2D eigenvalue weighted by Crippen LogP contribution is -2.57. The number of anilines is 1. The fourth-order valence-corrected chi connectivity index (χ4v) is 5.99. The van der Waals surface area contributed by atoms with Crippen molar-refractivity contribution in [2.45, 2.75) is 77.9 Å². The van der Waals surface area contributed by atoms with E-state index in [9.17, 15) is 24.0 Å². The van der Waals surface area contributed by atoms with Gasteiger partial charge in [0.05, 0.1) is 24.3 Å². The van der Waals surface area contributed by atoms with Crippen LogP contribution in [0, 0.1) is 11.3 Å². The van der Waals surface area contributed by atoms with Crippen LogP contribution in [0.25, 0.3) is 0 Å². The molecule has 6 amide bonds. The molecule has 1 aliphatic rings. The first-order valence-electron chi connectivity index (χ1n) is 18.0. The predicted molar refractivity (Wildman–Crippen MR) is 201 cm³/mol. The summed E-state index contributed by atoms with van der Waals surface area (Å²) in [5, 5.41) is 11.5. The number of carbonyl (C=O) groups is 5. The van der Waals surface area contributed by atoms with E-state index >= 15 is 0 Å². The smallest absolute Gasteiger partial charge is 0.318 e. The van der Waals surface area contributed by atoms with E-state index < -0.39 is 29.9 Å². The zero-order chi connectivity index (χ0) is 37.7. The maximum atomic E-state index is 14.0.